The predicted molar refractivity (Wildman–Crippen MR) is 88.6 cm³/mol. The van der Waals surface area contributed by atoms with Crippen LogP contribution in [0.4, 0.5) is 8.78 Å². The van der Waals surface area contributed by atoms with Crippen molar-refractivity contribution in [2.75, 3.05) is 0 Å². The van der Waals surface area contributed by atoms with Crippen molar-refractivity contribution >= 4 is 27.5 Å². The molecule has 1 amide bonds. The summed E-state index contributed by atoms with van der Waals surface area (Å²) in [6.45, 7) is -1.10. The average Bonchev–Trinajstić information content (AvgIpc) is 3.02. The Hall–Kier alpha value is -2.54. The fourth-order valence-corrected chi connectivity index (χ4v) is 2.96. The standard InChI is InChI=1S/C17H14F2N2O2S/c1-10(11-3-2-4-14(8-11)23-17(18)19)21-16(22)12-5-6-15-13(7-12)9-20-24-15/h2-10,17H,1H3,(H,21,22). The highest BCUT2D eigenvalue weighted by molar-refractivity contribution is 7.13. The van der Waals surface area contributed by atoms with E-state index >= 15 is 0 Å². The first-order chi connectivity index (χ1) is 11.5. The number of carbonyl (C=O) groups excluding carboxylic acids is 1. The summed E-state index contributed by atoms with van der Waals surface area (Å²) in [6.07, 6.45) is 1.71. The summed E-state index contributed by atoms with van der Waals surface area (Å²) in [5, 5.41) is 3.76. The Morgan fingerprint density at radius 3 is 2.88 bits per heavy atom. The van der Waals surface area contributed by atoms with E-state index in [0.717, 1.165) is 10.1 Å². The topological polar surface area (TPSA) is 51.2 Å². The predicted octanol–water partition coefficient (Wildman–Crippen LogP) is 4.39. The van der Waals surface area contributed by atoms with Crippen molar-refractivity contribution in [2.24, 2.45) is 0 Å². The largest absolute Gasteiger partial charge is 0.435 e. The number of fused-ring (bicyclic) bond motifs is 1. The van der Waals surface area contributed by atoms with Crippen molar-refractivity contribution in [3.05, 3.63) is 59.8 Å². The van der Waals surface area contributed by atoms with Gasteiger partial charge in [0.15, 0.2) is 0 Å². The Labute approximate surface area is 141 Å². The Morgan fingerprint density at radius 1 is 1.25 bits per heavy atom. The van der Waals surface area contributed by atoms with E-state index in [1.807, 2.05) is 6.07 Å². The number of rotatable bonds is 5. The van der Waals surface area contributed by atoms with E-state index in [-0.39, 0.29) is 17.7 Å². The maximum atomic E-state index is 12.4. The molecule has 0 spiro atoms. The quantitative estimate of drug-likeness (QED) is 0.744. The Balaban J connectivity index is 1.73. The first-order valence-corrected chi connectivity index (χ1v) is 8.00. The number of nitrogens with one attached hydrogen (secondary N) is 1. The molecule has 1 atom stereocenters. The van der Waals surface area contributed by atoms with Gasteiger partial charge in [0.05, 0.1) is 10.7 Å². The van der Waals surface area contributed by atoms with Gasteiger partial charge in [-0.2, -0.15) is 13.2 Å². The minimum Gasteiger partial charge on any atom is -0.435 e. The first-order valence-electron chi connectivity index (χ1n) is 7.23. The van der Waals surface area contributed by atoms with Crippen LogP contribution in [-0.4, -0.2) is 16.9 Å². The second-order valence-corrected chi connectivity index (χ2v) is 6.06. The highest BCUT2D eigenvalue weighted by Gasteiger charge is 2.14. The highest BCUT2D eigenvalue weighted by Crippen LogP contribution is 2.22. The number of hydrogen-bond acceptors (Lipinski definition) is 4. The Bertz CT molecular complexity index is 866. The van der Waals surface area contributed by atoms with Gasteiger partial charge in [-0.3, -0.25) is 4.79 Å². The molecule has 24 heavy (non-hydrogen) atoms. The third-order valence-electron chi connectivity index (χ3n) is 3.55. The number of hydrogen-bond donors (Lipinski definition) is 1. The molecule has 0 saturated heterocycles. The number of halogens is 2. The third-order valence-corrected chi connectivity index (χ3v) is 4.32. The molecule has 0 bridgehead atoms. The lowest BCUT2D eigenvalue weighted by molar-refractivity contribution is -0.0499. The van der Waals surface area contributed by atoms with Crippen LogP contribution in [0, 0.1) is 0 Å². The van der Waals surface area contributed by atoms with Gasteiger partial charge < -0.3 is 10.1 Å². The van der Waals surface area contributed by atoms with Crippen LogP contribution < -0.4 is 10.1 Å². The number of alkyl halides is 2. The Morgan fingerprint density at radius 2 is 2.08 bits per heavy atom. The van der Waals surface area contributed by atoms with Crippen LogP contribution in [0.1, 0.15) is 28.9 Å². The van der Waals surface area contributed by atoms with Gasteiger partial charge >= 0.3 is 6.61 Å². The SMILES string of the molecule is CC(NC(=O)c1ccc2sncc2c1)c1cccc(OC(F)F)c1. The zero-order valence-corrected chi connectivity index (χ0v) is 13.5. The number of ether oxygens (including phenoxy) is 1. The lowest BCUT2D eigenvalue weighted by Crippen LogP contribution is -2.26. The van der Waals surface area contributed by atoms with Gasteiger partial charge in [-0.25, -0.2) is 0 Å². The van der Waals surface area contributed by atoms with Gasteiger partial charge in [0.25, 0.3) is 5.91 Å². The van der Waals surface area contributed by atoms with Gasteiger partial charge in [-0.05, 0) is 54.4 Å². The molecule has 0 saturated carbocycles. The highest BCUT2D eigenvalue weighted by atomic mass is 32.1. The fourth-order valence-electron chi connectivity index (χ4n) is 2.34. The van der Waals surface area contributed by atoms with Crippen molar-refractivity contribution in [3.8, 4) is 5.75 Å². The van der Waals surface area contributed by atoms with Crippen molar-refractivity contribution in [2.45, 2.75) is 19.6 Å². The number of amides is 1. The summed E-state index contributed by atoms with van der Waals surface area (Å²) in [4.78, 5) is 12.4. The van der Waals surface area contributed by atoms with E-state index < -0.39 is 6.61 Å². The van der Waals surface area contributed by atoms with Gasteiger partial charge in [0.2, 0.25) is 0 Å². The van der Waals surface area contributed by atoms with E-state index in [2.05, 4.69) is 14.4 Å². The van der Waals surface area contributed by atoms with Crippen molar-refractivity contribution < 1.29 is 18.3 Å². The summed E-state index contributed by atoms with van der Waals surface area (Å²) >= 11 is 1.37. The first kappa shape index (κ1) is 16.3. The maximum absolute atomic E-state index is 12.4. The summed E-state index contributed by atoms with van der Waals surface area (Å²) in [5.41, 5.74) is 1.20. The number of benzene rings is 2. The van der Waals surface area contributed by atoms with Gasteiger partial charge in [0.1, 0.15) is 5.75 Å². The molecule has 3 rings (SSSR count). The second-order valence-electron chi connectivity index (χ2n) is 5.22. The molecule has 1 aromatic heterocycles. The van der Waals surface area contributed by atoms with Crippen LogP contribution in [0.15, 0.2) is 48.7 Å². The molecule has 3 aromatic rings. The summed E-state index contributed by atoms with van der Waals surface area (Å²) in [5.74, 6) is -0.176. The van der Waals surface area contributed by atoms with Gasteiger partial charge in [-0.1, -0.05) is 12.1 Å². The molecule has 1 unspecified atom stereocenters. The van der Waals surface area contributed by atoms with Crippen LogP contribution in [0.5, 0.6) is 5.75 Å². The molecule has 124 valence electrons. The molecule has 0 aliphatic carbocycles. The average molecular weight is 348 g/mol. The van der Waals surface area contributed by atoms with Crippen LogP contribution in [0.2, 0.25) is 0 Å². The second kappa shape index (κ2) is 6.92. The fraction of sp³-hybridized carbons (Fsp3) is 0.176. The molecule has 0 radical (unpaired) electrons. The van der Waals surface area contributed by atoms with Crippen LogP contribution >= 0.6 is 11.5 Å². The summed E-state index contributed by atoms with van der Waals surface area (Å²) < 4.78 is 34.1. The number of carbonyl (C=O) groups is 1. The Kier molecular flexibility index (Phi) is 4.71. The van der Waals surface area contributed by atoms with Crippen molar-refractivity contribution in [1.29, 1.82) is 0 Å². The lowest BCUT2D eigenvalue weighted by atomic mass is 10.1. The van der Waals surface area contributed by atoms with E-state index in [9.17, 15) is 13.6 Å². The normalized spacial score (nSPS) is 12.3. The van der Waals surface area contributed by atoms with E-state index in [1.54, 1.807) is 37.4 Å². The molecule has 0 fully saturated rings. The maximum Gasteiger partial charge on any atom is 0.387 e. The van der Waals surface area contributed by atoms with Crippen LogP contribution in [-0.2, 0) is 0 Å². The zero-order valence-electron chi connectivity index (χ0n) is 12.7. The van der Waals surface area contributed by atoms with E-state index in [1.165, 1.54) is 23.7 Å². The lowest BCUT2D eigenvalue weighted by Gasteiger charge is -2.15. The number of aromatic nitrogens is 1. The molecular formula is C17H14F2N2O2S. The third kappa shape index (κ3) is 3.68. The minimum atomic E-state index is -2.88. The van der Waals surface area contributed by atoms with Crippen molar-refractivity contribution in [3.63, 3.8) is 0 Å². The molecule has 1 N–H and O–H groups in total. The molecular weight excluding hydrogens is 334 g/mol. The van der Waals surface area contributed by atoms with Gasteiger partial charge in [0, 0.05) is 17.1 Å². The summed E-state index contributed by atoms with van der Waals surface area (Å²) in [6, 6.07) is 11.3. The van der Waals surface area contributed by atoms with E-state index in [4.69, 9.17) is 0 Å². The molecule has 0 aliphatic rings. The zero-order chi connectivity index (χ0) is 17.1. The molecule has 0 aliphatic heterocycles. The molecule has 1 heterocycles. The van der Waals surface area contributed by atoms with Crippen molar-refractivity contribution in [1.82, 2.24) is 9.69 Å². The molecule has 7 heteroatoms. The van der Waals surface area contributed by atoms with Crippen LogP contribution in [0.3, 0.4) is 0 Å². The molecule has 4 nitrogen and oxygen atoms in total. The summed E-state index contributed by atoms with van der Waals surface area (Å²) in [7, 11) is 0. The smallest absolute Gasteiger partial charge is 0.387 e. The van der Waals surface area contributed by atoms with Crippen LogP contribution in [0.25, 0.3) is 10.1 Å². The number of nitrogens with zero attached hydrogens (tertiary/aromatic N) is 1. The monoisotopic (exact) mass is 348 g/mol. The minimum absolute atomic E-state index is 0.0642. The van der Waals surface area contributed by atoms with Gasteiger partial charge in [-0.15, -0.1) is 0 Å². The molecule has 2 aromatic carbocycles. The van der Waals surface area contributed by atoms with E-state index in [0.29, 0.717) is 11.1 Å².